The van der Waals surface area contributed by atoms with Crippen molar-refractivity contribution in [3.8, 4) is 62.5 Å². The first kappa shape index (κ1) is 32.0. The monoisotopic (exact) mass is 732 g/mol. The van der Waals surface area contributed by atoms with Gasteiger partial charge in [-0.05, 0) is 75.5 Å². The Bertz CT molecular complexity index is 3380. The Morgan fingerprint density at radius 2 is 1.07 bits per heavy atom. The van der Waals surface area contributed by atoms with E-state index in [9.17, 15) is 5.26 Å². The van der Waals surface area contributed by atoms with Gasteiger partial charge in [-0.1, -0.05) is 127 Å². The van der Waals surface area contributed by atoms with E-state index >= 15 is 0 Å². The highest BCUT2D eigenvalue weighted by molar-refractivity contribution is 7.27. The van der Waals surface area contributed by atoms with E-state index in [1.165, 1.54) is 26.2 Å². The number of furan rings is 1. The Morgan fingerprint density at radius 1 is 0.429 bits per heavy atom. The van der Waals surface area contributed by atoms with Crippen molar-refractivity contribution in [2.45, 2.75) is 0 Å². The lowest BCUT2D eigenvalue weighted by atomic mass is 9.98. The molecule has 5 nitrogen and oxygen atoms in total. The van der Waals surface area contributed by atoms with Crippen molar-refractivity contribution in [2.24, 2.45) is 0 Å². The molecule has 0 unspecified atom stereocenters. The predicted octanol–water partition coefficient (Wildman–Crippen LogP) is 13.5. The molecule has 0 N–H and O–H groups in total. The van der Waals surface area contributed by atoms with Crippen LogP contribution in [0.15, 0.2) is 174 Å². The maximum atomic E-state index is 9.42. The number of hydrogen-bond donors (Lipinski definition) is 0. The summed E-state index contributed by atoms with van der Waals surface area (Å²) in [5, 5.41) is 16.3. The summed E-state index contributed by atoms with van der Waals surface area (Å²) < 4.78 is 8.80. The second kappa shape index (κ2) is 12.8. The van der Waals surface area contributed by atoms with Gasteiger partial charge >= 0.3 is 0 Å². The largest absolute Gasteiger partial charge is 0.456 e. The van der Waals surface area contributed by atoms with Gasteiger partial charge < -0.3 is 4.42 Å². The van der Waals surface area contributed by atoms with E-state index in [4.69, 9.17) is 19.4 Å². The van der Waals surface area contributed by atoms with Gasteiger partial charge in [-0.2, -0.15) is 5.26 Å². The lowest BCUT2D eigenvalue weighted by Gasteiger charge is -2.12. The molecule has 3 heterocycles. The first-order chi connectivity index (χ1) is 27.7. The molecule has 56 heavy (non-hydrogen) atoms. The molecule has 8 aromatic carbocycles. The van der Waals surface area contributed by atoms with E-state index < -0.39 is 0 Å². The van der Waals surface area contributed by atoms with Crippen molar-refractivity contribution in [3.05, 3.63) is 175 Å². The lowest BCUT2D eigenvalue weighted by Crippen LogP contribution is -2.01. The summed E-state index contributed by atoms with van der Waals surface area (Å²) in [4.78, 5) is 15.8. The van der Waals surface area contributed by atoms with Gasteiger partial charge in [0, 0.05) is 47.6 Å². The SMILES string of the molecule is N#Cc1ccc(-c2cccc3oc4ccc(-c5nc(-c6ccccc6-c6ccccc6)nc(-c6cccc7c6sc6c8ccccc8ccc76)n5)cc4c23)cc1. The van der Waals surface area contributed by atoms with Crippen LogP contribution in [-0.4, -0.2) is 15.0 Å². The fourth-order valence-corrected chi connectivity index (χ4v) is 9.27. The Balaban J connectivity index is 1.16. The van der Waals surface area contributed by atoms with Gasteiger partial charge in [-0.15, -0.1) is 11.3 Å². The smallest absolute Gasteiger partial charge is 0.165 e. The summed E-state index contributed by atoms with van der Waals surface area (Å²) >= 11 is 1.79. The Kier molecular flexibility index (Phi) is 7.34. The molecule has 0 aliphatic rings. The van der Waals surface area contributed by atoms with Crippen LogP contribution in [0.5, 0.6) is 0 Å². The number of fused-ring (bicyclic) bond motifs is 8. The fourth-order valence-electron chi connectivity index (χ4n) is 7.93. The van der Waals surface area contributed by atoms with Crippen LogP contribution in [0.25, 0.3) is 109 Å². The summed E-state index contributed by atoms with van der Waals surface area (Å²) in [5.41, 5.74) is 9.10. The second-order valence-electron chi connectivity index (χ2n) is 13.8. The molecule has 0 saturated carbocycles. The van der Waals surface area contributed by atoms with E-state index in [1.54, 1.807) is 11.3 Å². The topological polar surface area (TPSA) is 75.6 Å². The molecular formula is C50H28N4OS. The van der Waals surface area contributed by atoms with Crippen molar-refractivity contribution in [1.29, 1.82) is 5.26 Å². The van der Waals surface area contributed by atoms with E-state index in [0.717, 1.165) is 65.6 Å². The number of nitrogens with zero attached hydrogens (tertiary/aromatic N) is 4. The van der Waals surface area contributed by atoms with Crippen molar-refractivity contribution >= 4 is 64.2 Å². The minimum absolute atomic E-state index is 0.573. The van der Waals surface area contributed by atoms with Gasteiger partial charge in [0.2, 0.25) is 0 Å². The molecule has 3 aromatic heterocycles. The van der Waals surface area contributed by atoms with Crippen molar-refractivity contribution in [3.63, 3.8) is 0 Å². The molecule has 0 bridgehead atoms. The van der Waals surface area contributed by atoms with E-state index in [0.29, 0.717) is 23.0 Å². The third kappa shape index (κ3) is 5.18. The molecule has 0 spiro atoms. The zero-order valence-electron chi connectivity index (χ0n) is 29.8. The van der Waals surface area contributed by atoms with Crippen LogP contribution in [0.1, 0.15) is 5.56 Å². The molecule has 0 aliphatic carbocycles. The quantitative estimate of drug-likeness (QED) is 0.176. The molecule has 0 aliphatic heterocycles. The van der Waals surface area contributed by atoms with Crippen LogP contribution in [-0.2, 0) is 0 Å². The predicted molar refractivity (Wildman–Crippen MR) is 229 cm³/mol. The molecule has 0 fully saturated rings. The third-order valence-corrected chi connectivity index (χ3v) is 11.9. The molecule has 0 atom stereocenters. The summed E-state index contributed by atoms with van der Waals surface area (Å²) in [6.07, 6.45) is 0. The summed E-state index contributed by atoms with van der Waals surface area (Å²) in [6, 6.07) is 60.3. The maximum Gasteiger partial charge on any atom is 0.165 e. The lowest BCUT2D eigenvalue weighted by molar-refractivity contribution is 0.669. The zero-order valence-corrected chi connectivity index (χ0v) is 30.6. The first-order valence-corrected chi connectivity index (χ1v) is 19.2. The Labute approximate surface area is 325 Å². The highest BCUT2D eigenvalue weighted by Crippen LogP contribution is 2.43. The number of hydrogen-bond acceptors (Lipinski definition) is 6. The van der Waals surface area contributed by atoms with Crippen LogP contribution in [0.3, 0.4) is 0 Å². The van der Waals surface area contributed by atoms with Gasteiger partial charge in [-0.25, -0.2) is 15.0 Å². The number of nitriles is 1. The molecule has 11 rings (SSSR count). The maximum absolute atomic E-state index is 9.42. The van der Waals surface area contributed by atoms with Crippen molar-refractivity contribution in [2.75, 3.05) is 0 Å². The van der Waals surface area contributed by atoms with E-state index in [2.05, 4.69) is 115 Å². The van der Waals surface area contributed by atoms with Crippen LogP contribution in [0.4, 0.5) is 0 Å². The molecule has 11 aromatic rings. The molecule has 260 valence electrons. The average molecular weight is 733 g/mol. The summed E-state index contributed by atoms with van der Waals surface area (Å²) in [5.74, 6) is 1.79. The Morgan fingerprint density at radius 3 is 1.93 bits per heavy atom. The van der Waals surface area contributed by atoms with Crippen molar-refractivity contribution < 1.29 is 4.42 Å². The summed E-state index contributed by atoms with van der Waals surface area (Å²) in [6.45, 7) is 0. The van der Waals surface area contributed by atoms with Gasteiger partial charge in [0.05, 0.1) is 11.6 Å². The van der Waals surface area contributed by atoms with Crippen LogP contribution in [0, 0.1) is 11.3 Å². The van der Waals surface area contributed by atoms with Gasteiger partial charge in [0.15, 0.2) is 17.5 Å². The third-order valence-electron chi connectivity index (χ3n) is 10.6. The van der Waals surface area contributed by atoms with Gasteiger partial charge in [-0.3, -0.25) is 0 Å². The molecule has 0 amide bonds. The van der Waals surface area contributed by atoms with Gasteiger partial charge in [0.1, 0.15) is 11.2 Å². The fraction of sp³-hybridized carbons (Fsp3) is 0. The summed E-state index contributed by atoms with van der Waals surface area (Å²) in [7, 11) is 0. The molecule has 0 saturated heterocycles. The minimum atomic E-state index is 0.573. The molecule has 0 radical (unpaired) electrons. The van der Waals surface area contributed by atoms with Crippen LogP contribution < -0.4 is 0 Å². The van der Waals surface area contributed by atoms with E-state index in [-0.39, 0.29) is 0 Å². The number of thiophene rings is 1. The zero-order chi connectivity index (χ0) is 37.2. The number of rotatable bonds is 5. The number of benzene rings is 8. The molecule has 6 heteroatoms. The Hall–Kier alpha value is -7.46. The van der Waals surface area contributed by atoms with Crippen molar-refractivity contribution in [1.82, 2.24) is 15.0 Å². The van der Waals surface area contributed by atoms with Crippen LogP contribution in [0.2, 0.25) is 0 Å². The standard InChI is InChI=1S/C50H28N4OS/c51-29-30-20-22-33(23-21-30)36-16-9-19-44-45(36)42-28-34(25-27-43(42)55-44)48-52-49(40-15-7-6-13-35(40)31-10-2-1-3-11-31)54-50(53-48)41-18-8-17-38-39-26-24-32-12-4-5-14-37(32)46(39)56-47(38)41/h1-28H. The highest BCUT2D eigenvalue weighted by atomic mass is 32.1. The van der Waals surface area contributed by atoms with Crippen LogP contribution >= 0.6 is 11.3 Å². The number of aromatic nitrogens is 3. The first-order valence-electron chi connectivity index (χ1n) is 18.4. The normalized spacial score (nSPS) is 11.6. The van der Waals surface area contributed by atoms with Gasteiger partial charge in [0.25, 0.3) is 0 Å². The second-order valence-corrected chi connectivity index (χ2v) is 14.9. The average Bonchev–Trinajstić information content (AvgIpc) is 3.85. The minimum Gasteiger partial charge on any atom is -0.456 e. The highest BCUT2D eigenvalue weighted by Gasteiger charge is 2.20. The van der Waals surface area contributed by atoms with E-state index in [1.807, 2.05) is 60.7 Å². The molecular weight excluding hydrogens is 705 g/mol.